The molecule has 0 spiro atoms. The van der Waals surface area contributed by atoms with Crippen LogP contribution in [0.15, 0.2) is 78.9 Å². The van der Waals surface area contributed by atoms with Crippen molar-refractivity contribution in [3.63, 3.8) is 0 Å². The number of aromatic nitrogens is 3. The number of hydrogen-bond acceptors (Lipinski definition) is 14. The number of aryl methyl sites for hydroxylation is 4. The van der Waals surface area contributed by atoms with Gasteiger partial charge in [0.2, 0.25) is 0 Å². The second-order valence-electron chi connectivity index (χ2n) is 23.1. The van der Waals surface area contributed by atoms with Crippen LogP contribution in [-0.4, -0.2) is 121 Å². The highest BCUT2D eigenvalue weighted by atomic mass is 19.4. The average Bonchev–Trinajstić information content (AvgIpc) is 1.71. The van der Waals surface area contributed by atoms with Crippen molar-refractivity contribution >= 4 is 52.2 Å². The molecule has 3 aliphatic heterocycles. The van der Waals surface area contributed by atoms with Crippen LogP contribution < -0.4 is 35.1 Å². The van der Waals surface area contributed by atoms with Crippen LogP contribution in [0.3, 0.4) is 0 Å². The Bertz CT molecular complexity index is 4120. The Hall–Kier alpha value is -9.60. The summed E-state index contributed by atoms with van der Waals surface area (Å²) >= 11 is 0. The largest absolute Gasteiger partial charge is 0.417 e. The Kier molecular flexibility index (Phi) is 18.1. The van der Waals surface area contributed by atoms with Gasteiger partial charge >= 0.3 is 18.5 Å². The normalized spacial score (nSPS) is 19.5. The summed E-state index contributed by atoms with van der Waals surface area (Å²) in [6.07, 6.45) is -20.1. The maximum atomic E-state index is 16.3. The number of carbonyl (C=O) groups is 3. The Morgan fingerprint density at radius 3 is 1.35 bits per heavy atom. The van der Waals surface area contributed by atoms with Gasteiger partial charge in [0, 0.05) is 101 Å². The van der Waals surface area contributed by atoms with E-state index in [0.29, 0.717) is 33.7 Å². The number of hydrogen-bond donors (Lipinski definition) is 2. The number of amides is 3. The van der Waals surface area contributed by atoms with Crippen molar-refractivity contribution in [2.24, 2.45) is 5.73 Å². The number of aliphatic hydroxyl groups excluding tert-OH is 1. The van der Waals surface area contributed by atoms with Crippen LogP contribution in [0.1, 0.15) is 91.1 Å². The third kappa shape index (κ3) is 13.0. The fourth-order valence-corrected chi connectivity index (χ4v) is 12.0. The van der Waals surface area contributed by atoms with E-state index in [1.165, 1.54) is 74.3 Å². The summed E-state index contributed by atoms with van der Waals surface area (Å²) in [6.45, 7) is 3.83. The topological polar surface area (TPSA) is 227 Å². The molecule has 3 amide bonds. The molecule has 3 N–H and O–H groups in total. The van der Waals surface area contributed by atoms with E-state index < -0.39 is 180 Å². The van der Waals surface area contributed by atoms with Crippen molar-refractivity contribution in [1.82, 2.24) is 15.0 Å². The molecule has 0 aliphatic carbocycles. The van der Waals surface area contributed by atoms with E-state index in [0.717, 1.165) is 41.3 Å². The molecule has 3 aliphatic rings. The molecule has 0 bridgehead atoms. The number of nitrogens with two attached hydrogens (primary N) is 1. The molecule has 3 fully saturated rings. The molecule has 93 heavy (non-hydrogen) atoms. The molecule has 17 nitrogen and oxygen atoms in total. The zero-order chi connectivity index (χ0) is 68.5. The first-order valence-corrected chi connectivity index (χ1v) is 28.4. The minimum atomic E-state index is -5.32. The lowest BCUT2D eigenvalue weighted by Crippen LogP contribution is -2.53. The van der Waals surface area contributed by atoms with Gasteiger partial charge in [-0.05, 0) is 110 Å². The fourth-order valence-electron chi connectivity index (χ4n) is 12.0. The first-order chi connectivity index (χ1) is 43.3. The quantitative estimate of drug-likeness (QED) is 0.103. The number of β-amino-alcohol motifs (C(OH)–C–C–N with tert-alkyl or cyclic N) is 1. The Morgan fingerprint density at radius 1 is 0.570 bits per heavy atom. The van der Waals surface area contributed by atoms with Crippen LogP contribution in [0.4, 0.5) is 91.6 Å². The summed E-state index contributed by atoms with van der Waals surface area (Å²) in [7, 11) is 3.57. The van der Waals surface area contributed by atoms with Crippen LogP contribution in [0.5, 0.6) is 0 Å². The smallest absolute Gasteiger partial charge is 0.390 e. The maximum Gasteiger partial charge on any atom is 0.417 e. The Labute approximate surface area is 523 Å². The summed E-state index contributed by atoms with van der Waals surface area (Å²) in [4.78, 5) is 60.4. The Morgan fingerprint density at radius 2 is 0.957 bits per heavy atom. The lowest BCUT2D eigenvalue weighted by atomic mass is 9.99. The van der Waals surface area contributed by atoms with Crippen molar-refractivity contribution in [1.29, 1.82) is 15.8 Å². The number of carbonyl (C=O) groups excluding carboxylic acids is 3. The van der Waals surface area contributed by atoms with Gasteiger partial charge in [0.1, 0.15) is 58.4 Å². The number of halogens is 13. The highest BCUT2D eigenvalue weighted by molar-refractivity contribution is 6.02. The van der Waals surface area contributed by atoms with Crippen LogP contribution >= 0.6 is 0 Å². The van der Waals surface area contributed by atoms with Crippen LogP contribution in [-0.2, 0) is 45.8 Å². The molecule has 0 radical (unpaired) electrons. The minimum Gasteiger partial charge on any atom is -0.390 e. The third-order valence-electron chi connectivity index (χ3n) is 16.9. The standard InChI is InChI=1S/C63H56F13N13O4/c1-31-9-8-10-39(19-31)84(5)56(91)50-49(80)48(90)30-89(50)55-44(29-79)47(63(74,75)76)26-38(83-55)24-36-12-14-41(21-33(36)3)86(7)58(93)52-60(66,67)16-18-88(52)54-43(28-78)46(62(71,72)73)25-37(82-54)23-35-11-13-40(20-32(35)2)85(6)57(92)51-59(64,65)15-17-87(51)53-42(27-77)45(61(68,69)70)22-34(4)81-53/h8-14,19-22,25-26,48-52,90H,15-18,23-24,30,80H2,1-7H3/t48-,49+,50-,51+,52?/m0/s1. The van der Waals surface area contributed by atoms with Crippen LogP contribution in [0, 0.1) is 61.7 Å². The zero-order valence-corrected chi connectivity index (χ0v) is 50.4. The predicted octanol–water partition coefficient (Wildman–Crippen LogP) is 10.3. The van der Waals surface area contributed by atoms with E-state index >= 15 is 30.7 Å². The van der Waals surface area contributed by atoms with E-state index in [9.17, 15) is 61.6 Å². The summed E-state index contributed by atoms with van der Waals surface area (Å²) in [5.74, 6) is -13.6. The van der Waals surface area contributed by atoms with E-state index in [-0.39, 0.29) is 45.0 Å². The van der Waals surface area contributed by atoms with Gasteiger partial charge in [-0.3, -0.25) is 14.4 Å². The molecule has 6 aromatic rings. The molecular formula is C63H56F13N13O4. The summed E-state index contributed by atoms with van der Waals surface area (Å²) < 4.78 is 196. The zero-order valence-electron chi connectivity index (χ0n) is 50.4. The number of likely N-dealkylation sites (N-methyl/N-ethyl adjacent to an activating group) is 3. The third-order valence-corrected chi connectivity index (χ3v) is 16.9. The fraction of sp³-hybridized carbons (Fsp3) is 0.381. The van der Waals surface area contributed by atoms with Crippen molar-refractivity contribution in [2.45, 2.75) is 114 Å². The highest BCUT2D eigenvalue weighted by Crippen LogP contribution is 2.46. The number of rotatable bonds is 13. The lowest BCUT2D eigenvalue weighted by molar-refractivity contribution is -0.138. The maximum absolute atomic E-state index is 16.3. The van der Waals surface area contributed by atoms with Gasteiger partial charge in [-0.1, -0.05) is 24.3 Å². The average molecular weight is 1310 g/mol. The monoisotopic (exact) mass is 1310 g/mol. The molecule has 3 aromatic heterocycles. The SMILES string of the molecule is Cc1cccc(N(C)C(=O)[C@@H]2[C@H](N)[C@@H](O)CN2c2nc(Cc3ccc(N(C)C(=O)C4N(c5nc(Cc6ccc(N(C)C(=O)[C@H]7N(c8nc(C)cc(C(F)(F)F)c8C#N)CCC7(F)F)cc6C)cc(C(F)(F)F)c5C#N)CCC4(F)F)cc3C)cc(C(F)(F)F)c2C#N)c1. The van der Waals surface area contributed by atoms with Gasteiger partial charge in [-0.25, -0.2) is 32.5 Å². The predicted molar refractivity (Wildman–Crippen MR) is 312 cm³/mol. The number of benzene rings is 3. The second kappa shape index (κ2) is 24.8. The lowest BCUT2D eigenvalue weighted by Gasteiger charge is -2.32. The molecule has 30 heteroatoms. The van der Waals surface area contributed by atoms with E-state index in [2.05, 4.69) is 15.0 Å². The molecule has 3 saturated heterocycles. The molecule has 0 saturated carbocycles. The van der Waals surface area contributed by atoms with Gasteiger partial charge < -0.3 is 40.2 Å². The van der Waals surface area contributed by atoms with Gasteiger partial charge in [0.05, 0.1) is 28.8 Å². The molecular weight excluding hydrogens is 1250 g/mol. The highest BCUT2D eigenvalue weighted by Gasteiger charge is 2.57. The van der Waals surface area contributed by atoms with Crippen LogP contribution in [0.25, 0.3) is 0 Å². The number of anilines is 6. The van der Waals surface area contributed by atoms with Crippen LogP contribution in [0.2, 0.25) is 0 Å². The second-order valence-corrected chi connectivity index (χ2v) is 23.1. The summed E-state index contributed by atoms with van der Waals surface area (Å²) in [5, 5.41) is 41.2. The van der Waals surface area contributed by atoms with Crippen molar-refractivity contribution in [3.05, 3.63) is 157 Å². The number of nitriles is 3. The molecule has 1 unspecified atom stereocenters. The van der Waals surface area contributed by atoms with Crippen molar-refractivity contribution in [2.75, 3.05) is 70.2 Å². The van der Waals surface area contributed by atoms with Gasteiger partial charge in [0.15, 0.2) is 12.1 Å². The number of nitrogens with zero attached hydrogens (tertiary/aromatic N) is 12. The summed E-state index contributed by atoms with van der Waals surface area (Å²) in [6, 6.07) is 12.5. The van der Waals surface area contributed by atoms with Crippen molar-refractivity contribution < 1.29 is 76.6 Å². The van der Waals surface area contributed by atoms with Crippen molar-refractivity contribution in [3.8, 4) is 18.2 Å². The summed E-state index contributed by atoms with van der Waals surface area (Å²) in [5.41, 5.74) is -0.514. The number of pyridine rings is 3. The molecule has 6 heterocycles. The molecule has 5 atom stereocenters. The van der Waals surface area contributed by atoms with Gasteiger partial charge in [-0.2, -0.15) is 55.3 Å². The number of aliphatic hydroxyl groups is 1. The minimum absolute atomic E-state index is 0.0779. The number of alkyl halides is 13. The molecule has 3 aromatic carbocycles. The molecule has 488 valence electrons. The van der Waals surface area contributed by atoms with E-state index in [1.807, 2.05) is 0 Å². The Balaban J connectivity index is 0.987. The van der Waals surface area contributed by atoms with E-state index in [4.69, 9.17) is 5.73 Å². The first-order valence-electron chi connectivity index (χ1n) is 28.4. The first kappa shape index (κ1) is 67.8. The van der Waals surface area contributed by atoms with E-state index in [1.54, 1.807) is 37.3 Å². The molecule has 9 rings (SSSR count). The van der Waals surface area contributed by atoms with Gasteiger partial charge in [-0.15, -0.1) is 0 Å². The van der Waals surface area contributed by atoms with Gasteiger partial charge in [0.25, 0.3) is 29.6 Å².